The monoisotopic (exact) mass is 268 g/mol. The van der Waals surface area contributed by atoms with Crippen molar-refractivity contribution >= 4 is 5.91 Å². The summed E-state index contributed by atoms with van der Waals surface area (Å²) in [6.07, 6.45) is 4.56. The Morgan fingerprint density at radius 3 is 2.42 bits per heavy atom. The minimum atomic E-state index is 0.0417. The van der Waals surface area contributed by atoms with Crippen molar-refractivity contribution in [3.05, 3.63) is 0 Å². The van der Waals surface area contributed by atoms with Gasteiger partial charge in [-0.25, -0.2) is 0 Å². The summed E-state index contributed by atoms with van der Waals surface area (Å²) in [5.74, 6) is 0.775. The molecule has 1 fully saturated rings. The topological polar surface area (TPSA) is 32.3 Å². The van der Waals surface area contributed by atoms with Crippen molar-refractivity contribution in [2.45, 2.75) is 79.4 Å². The molecule has 1 aliphatic rings. The normalized spacial score (nSPS) is 24.6. The van der Waals surface area contributed by atoms with Crippen LogP contribution < -0.4 is 5.32 Å². The highest BCUT2D eigenvalue weighted by atomic mass is 16.2. The average Bonchev–Trinajstić information content (AvgIpc) is 2.64. The molecule has 3 heteroatoms. The molecule has 1 aliphatic heterocycles. The molecule has 1 rings (SSSR count). The second-order valence-electron chi connectivity index (χ2n) is 7.03. The first-order valence-electron chi connectivity index (χ1n) is 7.89. The van der Waals surface area contributed by atoms with Gasteiger partial charge < -0.3 is 4.90 Å². The number of carbonyl (C=O) groups excluding carboxylic acids is 1. The van der Waals surface area contributed by atoms with E-state index >= 15 is 0 Å². The lowest BCUT2D eigenvalue weighted by molar-refractivity contribution is -0.132. The number of carbonyl (C=O) groups is 1. The highest BCUT2D eigenvalue weighted by Crippen LogP contribution is 2.27. The number of hydrogen-bond acceptors (Lipinski definition) is 2. The lowest BCUT2D eigenvalue weighted by atomic mass is 9.89. The third kappa shape index (κ3) is 4.20. The van der Waals surface area contributed by atoms with Crippen LogP contribution in [0, 0.1) is 11.3 Å². The molecule has 1 saturated heterocycles. The minimum absolute atomic E-state index is 0.0417. The predicted molar refractivity (Wildman–Crippen MR) is 80.9 cm³/mol. The number of nitrogens with one attached hydrogen (secondary N) is 1. The maximum atomic E-state index is 12.6. The highest BCUT2D eigenvalue weighted by molar-refractivity contribution is 5.84. The molecule has 3 nitrogen and oxygen atoms in total. The van der Waals surface area contributed by atoms with Gasteiger partial charge in [-0.15, -0.1) is 0 Å². The zero-order valence-electron chi connectivity index (χ0n) is 13.6. The molecule has 1 heterocycles. The Balaban J connectivity index is 2.77. The maximum absolute atomic E-state index is 12.6. The Bertz CT molecular complexity index is 299. The van der Waals surface area contributed by atoms with Crippen LogP contribution in [-0.4, -0.2) is 29.6 Å². The summed E-state index contributed by atoms with van der Waals surface area (Å²) in [5, 5.41) is 3.55. The van der Waals surface area contributed by atoms with E-state index in [1.807, 2.05) is 0 Å². The lowest BCUT2D eigenvalue weighted by Crippen LogP contribution is -2.45. The van der Waals surface area contributed by atoms with Crippen LogP contribution >= 0.6 is 0 Å². The van der Waals surface area contributed by atoms with Crippen molar-refractivity contribution in [3.8, 4) is 0 Å². The summed E-state index contributed by atoms with van der Waals surface area (Å²) in [5.41, 5.74) is 0.199. The molecule has 0 radical (unpaired) electrons. The van der Waals surface area contributed by atoms with Crippen LogP contribution in [0.15, 0.2) is 0 Å². The molecule has 1 amide bonds. The average molecular weight is 268 g/mol. The number of nitrogens with zero attached hydrogens (tertiary/aromatic N) is 1. The molecule has 2 unspecified atom stereocenters. The summed E-state index contributed by atoms with van der Waals surface area (Å²) >= 11 is 0. The van der Waals surface area contributed by atoms with Crippen molar-refractivity contribution in [3.63, 3.8) is 0 Å². The number of amides is 1. The van der Waals surface area contributed by atoms with E-state index in [0.29, 0.717) is 11.8 Å². The van der Waals surface area contributed by atoms with Crippen LogP contribution in [-0.2, 0) is 4.79 Å². The van der Waals surface area contributed by atoms with Crippen molar-refractivity contribution in [2.24, 2.45) is 11.3 Å². The van der Waals surface area contributed by atoms with Gasteiger partial charge in [0.25, 0.3) is 0 Å². The SMILES string of the molecule is CCCCC1NC(C(C)C)N(CC(C)(C)CC)C1=O. The van der Waals surface area contributed by atoms with E-state index < -0.39 is 0 Å². The van der Waals surface area contributed by atoms with Gasteiger partial charge in [0, 0.05) is 6.54 Å². The molecular weight excluding hydrogens is 236 g/mol. The van der Waals surface area contributed by atoms with Crippen molar-refractivity contribution in [1.29, 1.82) is 0 Å². The van der Waals surface area contributed by atoms with Gasteiger partial charge in [-0.3, -0.25) is 10.1 Å². The number of rotatable bonds is 7. The zero-order valence-corrected chi connectivity index (χ0v) is 13.6. The molecule has 0 aromatic rings. The molecule has 0 aliphatic carbocycles. The molecule has 2 atom stereocenters. The standard InChI is InChI=1S/C16H32N2O/c1-7-9-10-13-15(19)18(11-16(5,6)8-2)14(17-13)12(3)4/h12-14,17H,7-11H2,1-6H3. The first kappa shape index (κ1) is 16.5. The van der Waals surface area contributed by atoms with Crippen molar-refractivity contribution < 1.29 is 4.79 Å². The predicted octanol–water partition coefficient (Wildman–Crippen LogP) is 3.40. The second-order valence-corrected chi connectivity index (χ2v) is 7.03. The van der Waals surface area contributed by atoms with E-state index in [1.165, 1.54) is 0 Å². The smallest absolute Gasteiger partial charge is 0.241 e. The van der Waals surface area contributed by atoms with Crippen LogP contribution in [0.3, 0.4) is 0 Å². The van der Waals surface area contributed by atoms with E-state index in [1.54, 1.807) is 0 Å². The highest BCUT2D eigenvalue weighted by Gasteiger charge is 2.41. The van der Waals surface area contributed by atoms with Crippen LogP contribution in [0.1, 0.15) is 67.2 Å². The zero-order chi connectivity index (χ0) is 14.6. The fourth-order valence-corrected chi connectivity index (χ4v) is 2.62. The Morgan fingerprint density at radius 2 is 1.95 bits per heavy atom. The molecular formula is C16H32N2O. The van der Waals surface area contributed by atoms with Crippen LogP contribution in [0.25, 0.3) is 0 Å². The molecule has 112 valence electrons. The number of hydrogen-bond donors (Lipinski definition) is 1. The van der Waals surface area contributed by atoms with Gasteiger partial charge in [0.15, 0.2) is 0 Å². The summed E-state index contributed by atoms with van der Waals surface area (Å²) in [7, 11) is 0. The largest absolute Gasteiger partial charge is 0.325 e. The first-order valence-corrected chi connectivity index (χ1v) is 7.89. The molecule has 0 bridgehead atoms. The summed E-state index contributed by atoms with van der Waals surface area (Å²) in [6.45, 7) is 14.1. The van der Waals surface area contributed by atoms with Gasteiger partial charge in [0.05, 0.1) is 12.2 Å². The number of unbranched alkanes of at least 4 members (excludes halogenated alkanes) is 1. The van der Waals surface area contributed by atoms with Gasteiger partial charge in [0.1, 0.15) is 0 Å². The van der Waals surface area contributed by atoms with Crippen molar-refractivity contribution in [1.82, 2.24) is 10.2 Å². The van der Waals surface area contributed by atoms with Crippen molar-refractivity contribution in [2.75, 3.05) is 6.54 Å². The first-order chi connectivity index (χ1) is 8.82. The van der Waals surface area contributed by atoms with E-state index in [0.717, 1.165) is 32.2 Å². The summed E-state index contributed by atoms with van der Waals surface area (Å²) in [6, 6.07) is 0.0417. The lowest BCUT2D eigenvalue weighted by Gasteiger charge is -2.34. The quantitative estimate of drug-likeness (QED) is 0.767. The van der Waals surface area contributed by atoms with Crippen LogP contribution in [0.4, 0.5) is 0 Å². The Labute approximate surface area is 119 Å². The minimum Gasteiger partial charge on any atom is -0.325 e. The van der Waals surface area contributed by atoms with Gasteiger partial charge in [-0.05, 0) is 24.2 Å². The Morgan fingerprint density at radius 1 is 1.32 bits per heavy atom. The summed E-state index contributed by atoms with van der Waals surface area (Å²) < 4.78 is 0. The van der Waals surface area contributed by atoms with E-state index in [2.05, 4.69) is 51.8 Å². The second kappa shape index (κ2) is 6.74. The van der Waals surface area contributed by atoms with Crippen LogP contribution in [0.2, 0.25) is 0 Å². The Hall–Kier alpha value is -0.570. The van der Waals surface area contributed by atoms with Gasteiger partial charge in [-0.2, -0.15) is 0 Å². The third-order valence-electron chi connectivity index (χ3n) is 4.32. The third-order valence-corrected chi connectivity index (χ3v) is 4.32. The molecule has 19 heavy (non-hydrogen) atoms. The van der Waals surface area contributed by atoms with Gasteiger partial charge in [-0.1, -0.05) is 54.4 Å². The molecule has 0 aromatic heterocycles. The van der Waals surface area contributed by atoms with Gasteiger partial charge >= 0.3 is 0 Å². The molecule has 0 spiro atoms. The fourth-order valence-electron chi connectivity index (χ4n) is 2.62. The Kier molecular flexibility index (Phi) is 5.84. The molecule has 1 N–H and O–H groups in total. The molecule has 0 aromatic carbocycles. The molecule has 0 saturated carbocycles. The van der Waals surface area contributed by atoms with E-state index in [4.69, 9.17) is 0 Å². The van der Waals surface area contributed by atoms with E-state index in [9.17, 15) is 4.79 Å². The summed E-state index contributed by atoms with van der Waals surface area (Å²) in [4.78, 5) is 14.7. The maximum Gasteiger partial charge on any atom is 0.241 e. The van der Waals surface area contributed by atoms with Gasteiger partial charge in [0.2, 0.25) is 5.91 Å². The fraction of sp³-hybridized carbons (Fsp3) is 0.938. The van der Waals surface area contributed by atoms with E-state index in [-0.39, 0.29) is 17.6 Å². The van der Waals surface area contributed by atoms with Crippen LogP contribution in [0.5, 0.6) is 0 Å².